The van der Waals surface area contributed by atoms with Crippen LogP contribution in [0.5, 0.6) is 0 Å². The van der Waals surface area contributed by atoms with Gasteiger partial charge in [-0.2, -0.15) is 5.26 Å². The zero-order chi connectivity index (χ0) is 26.1. The van der Waals surface area contributed by atoms with E-state index >= 15 is 0 Å². The summed E-state index contributed by atoms with van der Waals surface area (Å²) in [5, 5.41) is 17.9. The summed E-state index contributed by atoms with van der Waals surface area (Å²) in [5.41, 5.74) is 0.716. The Morgan fingerprint density at radius 1 is 1.28 bits per heavy atom. The molecule has 0 spiro atoms. The van der Waals surface area contributed by atoms with E-state index in [4.69, 9.17) is 6.42 Å². The van der Waals surface area contributed by atoms with Crippen molar-refractivity contribution in [3.05, 3.63) is 43.8 Å². The number of alkyl halides is 1. The maximum Gasteiger partial charge on any atom is 0.270 e. The molecule has 0 unspecified atom stereocenters. The molecule has 8 nitrogen and oxygen atoms in total. The fourth-order valence-corrected chi connectivity index (χ4v) is 5.13. The van der Waals surface area contributed by atoms with Crippen LogP contribution in [0.4, 0.5) is 15.8 Å². The summed E-state index contributed by atoms with van der Waals surface area (Å²) < 4.78 is 15.2. The quantitative estimate of drug-likeness (QED) is 0.471. The van der Waals surface area contributed by atoms with Crippen molar-refractivity contribution in [2.45, 2.75) is 51.7 Å². The van der Waals surface area contributed by atoms with Gasteiger partial charge in [-0.25, -0.2) is 4.39 Å². The first-order chi connectivity index (χ1) is 17.4. The first kappa shape index (κ1) is 26.7. The lowest BCUT2D eigenvalue weighted by molar-refractivity contribution is -0.117. The van der Waals surface area contributed by atoms with E-state index in [2.05, 4.69) is 21.9 Å². The van der Waals surface area contributed by atoms with Gasteiger partial charge in [0.05, 0.1) is 6.54 Å². The fourth-order valence-electron chi connectivity index (χ4n) is 4.04. The van der Waals surface area contributed by atoms with Crippen LogP contribution in [0.2, 0.25) is 0 Å². The molecule has 2 aromatic rings. The van der Waals surface area contributed by atoms with Crippen LogP contribution in [0.25, 0.3) is 11.8 Å². The Morgan fingerprint density at radius 2 is 2.00 bits per heavy atom. The van der Waals surface area contributed by atoms with Crippen LogP contribution in [0.1, 0.15) is 39.0 Å². The molecule has 0 atom stereocenters. The molecule has 0 bridgehead atoms. The molecule has 0 saturated heterocycles. The fraction of sp³-hybridized carbons (Fsp3) is 0.385. The maximum absolute atomic E-state index is 13.3. The molecule has 1 saturated carbocycles. The molecule has 1 aliphatic rings. The highest BCUT2D eigenvalue weighted by Crippen LogP contribution is 2.28. The molecule has 0 radical (unpaired) electrons. The molecule has 3 N–H and O–H groups in total. The zero-order valence-corrected chi connectivity index (χ0v) is 20.8. The zero-order valence-electron chi connectivity index (χ0n) is 20.0. The van der Waals surface area contributed by atoms with Crippen molar-refractivity contribution in [2.75, 3.05) is 17.2 Å². The van der Waals surface area contributed by atoms with Crippen LogP contribution < -0.4 is 30.7 Å². The number of amides is 2. The second kappa shape index (κ2) is 12.7. The number of rotatable bonds is 8. The number of thiazole rings is 1. The summed E-state index contributed by atoms with van der Waals surface area (Å²) in [7, 11) is 0. The van der Waals surface area contributed by atoms with E-state index in [9.17, 15) is 24.0 Å². The number of carbonyl (C=O) groups excluding carboxylic acids is 2. The Balaban J connectivity index is 1.77. The van der Waals surface area contributed by atoms with E-state index < -0.39 is 12.1 Å². The first-order valence-electron chi connectivity index (χ1n) is 11.7. The first-order valence-corrected chi connectivity index (χ1v) is 12.5. The van der Waals surface area contributed by atoms with Gasteiger partial charge in [0.1, 0.15) is 21.4 Å². The average Bonchev–Trinajstić information content (AvgIpc) is 3.18. The largest absolute Gasteiger partial charge is 0.360 e. The molecule has 0 aliphatic heterocycles. The Kier molecular flexibility index (Phi) is 9.43. The normalized spacial score (nSPS) is 18.5. The molecule has 2 amide bonds. The minimum absolute atomic E-state index is 0.0299. The summed E-state index contributed by atoms with van der Waals surface area (Å²) in [6.45, 7) is 2.00. The smallest absolute Gasteiger partial charge is 0.270 e. The number of anilines is 2. The van der Waals surface area contributed by atoms with Gasteiger partial charge in [0, 0.05) is 30.5 Å². The minimum Gasteiger partial charge on any atom is -0.360 e. The molecule has 1 heterocycles. The Bertz CT molecular complexity index is 1370. The number of aromatic nitrogens is 1. The van der Waals surface area contributed by atoms with Crippen molar-refractivity contribution in [1.82, 2.24) is 9.88 Å². The number of hydrogen-bond acceptors (Lipinski definition) is 6. The van der Waals surface area contributed by atoms with Gasteiger partial charge in [0.25, 0.3) is 11.5 Å². The van der Waals surface area contributed by atoms with Gasteiger partial charge < -0.3 is 16.0 Å². The lowest BCUT2D eigenvalue weighted by Crippen LogP contribution is -2.34. The average molecular weight is 510 g/mol. The van der Waals surface area contributed by atoms with Crippen LogP contribution in [-0.4, -0.2) is 29.1 Å². The predicted octanol–water partition coefficient (Wildman–Crippen LogP) is 2.06. The summed E-state index contributed by atoms with van der Waals surface area (Å²) in [6.07, 6.45) is 8.75. The molecule has 1 aromatic heterocycles. The van der Waals surface area contributed by atoms with Gasteiger partial charge in [-0.3, -0.25) is 19.0 Å². The van der Waals surface area contributed by atoms with Crippen molar-refractivity contribution in [3.8, 4) is 18.4 Å². The molecule has 3 rings (SSSR count). The lowest BCUT2D eigenvalue weighted by atomic mass is 9.86. The van der Waals surface area contributed by atoms with E-state index in [1.807, 2.05) is 6.07 Å². The number of nitrogens with zero attached hydrogens (tertiary/aromatic N) is 2. The van der Waals surface area contributed by atoms with E-state index in [0.29, 0.717) is 35.2 Å². The van der Waals surface area contributed by atoms with Crippen LogP contribution in [-0.2, 0) is 16.1 Å². The molecule has 1 aromatic carbocycles. The third-order valence-electron chi connectivity index (χ3n) is 5.89. The molecule has 1 aliphatic carbocycles. The van der Waals surface area contributed by atoms with Gasteiger partial charge >= 0.3 is 0 Å². The van der Waals surface area contributed by atoms with Crippen molar-refractivity contribution in [2.24, 2.45) is 5.92 Å². The number of hydrogen-bond donors (Lipinski definition) is 3. The maximum atomic E-state index is 13.3. The summed E-state index contributed by atoms with van der Waals surface area (Å²) in [6, 6.07) is 8.91. The van der Waals surface area contributed by atoms with E-state index in [0.717, 1.165) is 24.2 Å². The van der Waals surface area contributed by atoms with E-state index in [-0.39, 0.29) is 40.7 Å². The van der Waals surface area contributed by atoms with Gasteiger partial charge in [0.15, 0.2) is 5.57 Å². The van der Waals surface area contributed by atoms with Gasteiger partial charge in [-0.15, -0.1) is 17.8 Å². The molecule has 10 heteroatoms. The Labute approximate surface area is 212 Å². The number of carbonyl (C=O) groups is 2. The lowest BCUT2D eigenvalue weighted by Gasteiger charge is -2.23. The van der Waals surface area contributed by atoms with Gasteiger partial charge in [-0.05, 0) is 56.7 Å². The molecule has 188 valence electrons. The van der Waals surface area contributed by atoms with Crippen molar-refractivity contribution in [3.63, 3.8) is 0 Å². The van der Waals surface area contributed by atoms with Crippen LogP contribution >= 0.6 is 11.3 Å². The van der Waals surface area contributed by atoms with Crippen LogP contribution in [0, 0.1) is 29.6 Å². The third-order valence-corrected chi connectivity index (χ3v) is 7.02. The highest BCUT2D eigenvalue weighted by Gasteiger charge is 2.22. The molecule has 1 fully saturated rings. The second-order valence-electron chi connectivity index (χ2n) is 8.43. The monoisotopic (exact) mass is 509 g/mol. The Hall–Kier alpha value is -3.89. The van der Waals surface area contributed by atoms with Crippen LogP contribution in [0.3, 0.4) is 0 Å². The van der Waals surface area contributed by atoms with Crippen molar-refractivity contribution >= 4 is 46.3 Å². The number of halogens is 1. The minimum atomic E-state index is -0.751. The highest BCUT2D eigenvalue weighted by atomic mass is 32.1. The standard InChI is InChI=1S/C26H28FN5O3S/c1-3-12-29-24(34)21(15-28)26-32(4-2)25(35)22(36-26)16-30-19-6-5-7-20(14-19)31-23(33)13-17-8-10-18(27)11-9-17/h1,5-7,14,16-18,30H,4,8-13H2,2H3,(H,29,34)(H,31,33). The number of nitrogens with one attached hydrogen (secondary N) is 3. The molecular formula is C26H28FN5O3S. The number of nitriles is 1. The summed E-state index contributed by atoms with van der Waals surface area (Å²) >= 11 is 1.02. The molecule has 36 heavy (non-hydrogen) atoms. The summed E-state index contributed by atoms with van der Waals surface area (Å²) in [5.74, 6) is 1.72. The Morgan fingerprint density at radius 3 is 2.67 bits per heavy atom. The van der Waals surface area contributed by atoms with Gasteiger partial charge in [0.2, 0.25) is 5.91 Å². The SMILES string of the molecule is C#CCNC(=O)C(C#N)=c1sc(=CNc2cccc(NC(=O)CC3CCC(F)CC3)c2)c(=O)n1CC. The topological polar surface area (TPSA) is 116 Å². The summed E-state index contributed by atoms with van der Waals surface area (Å²) in [4.78, 5) is 37.6. The molecular weight excluding hydrogens is 481 g/mol. The van der Waals surface area contributed by atoms with Crippen molar-refractivity contribution < 1.29 is 14.0 Å². The van der Waals surface area contributed by atoms with Gasteiger partial charge in [-0.1, -0.05) is 12.0 Å². The van der Waals surface area contributed by atoms with E-state index in [1.165, 1.54) is 10.8 Å². The predicted molar refractivity (Wildman–Crippen MR) is 139 cm³/mol. The van der Waals surface area contributed by atoms with E-state index in [1.54, 1.807) is 31.2 Å². The van der Waals surface area contributed by atoms with Crippen LogP contribution in [0.15, 0.2) is 29.1 Å². The van der Waals surface area contributed by atoms with Crippen molar-refractivity contribution in [1.29, 1.82) is 5.26 Å². The third kappa shape index (κ3) is 6.83. The number of benzene rings is 1. The highest BCUT2D eigenvalue weighted by molar-refractivity contribution is 7.07. The second-order valence-corrected chi connectivity index (χ2v) is 9.46. The number of terminal acetylenes is 1.